The van der Waals surface area contributed by atoms with Crippen LogP contribution in [0, 0.1) is 5.82 Å². The lowest BCUT2D eigenvalue weighted by Crippen LogP contribution is -2.20. The Hall–Kier alpha value is -1.58. The maximum atomic E-state index is 12.5. The van der Waals surface area contributed by atoms with E-state index in [4.69, 9.17) is 4.74 Å². The van der Waals surface area contributed by atoms with Crippen LogP contribution in [-0.2, 0) is 11.2 Å². The molecular formula is C10H12FNO2. The van der Waals surface area contributed by atoms with Gasteiger partial charge in [0.25, 0.3) is 0 Å². The first-order valence-electron chi connectivity index (χ1n) is 4.31. The van der Waals surface area contributed by atoms with Gasteiger partial charge in [0.1, 0.15) is 5.82 Å². The molecule has 0 fully saturated rings. The van der Waals surface area contributed by atoms with Crippen molar-refractivity contribution in [3.05, 3.63) is 35.6 Å². The SMILES string of the molecule is CNC(=O)OCCc1ccc(F)cc1. The number of halogens is 1. The number of hydrogen-bond acceptors (Lipinski definition) is 2. The summed E-state index contributed by atoms with van der Waals surface area (Å²) < 4.78 is 17.3. The van der Waals surface area contributed by atoms with Gasteiger partial charge in [0, 0.05) is 13.5 Å². The molecule has 0 aromatic heterocycles. The molecule has 0 spiro atoms. The Kier molecular flexibility index (Phi) is 3.91. The Morgan fingerprint density at radius 2 is 2.07 bits per heavy atom. The molecule has 1 aromatic rings. The van der Waals surface area contributed by atoms with E-state index in [2.05, 4.69) is 5.32 Å². The largest absolute Gasteiger partial charge is 0.449 e. The van der Waals surface area contributed by atoms with Gasteiger partial charge in [-0.25, -0.2) is 9.18 Å². The molecule has 0 aliphatic carbocycles. The molecule has 1 rings (SSSR count). The molecule has 0 saturated heterocycles. The van der Waals surface area contributed by atoms with E-state index in [0.29, 0.717) is 13.0 Å². The van der Waals surface area contributed by atoms with Crippen molar-refractivity contribution >= 4 is 6.09 Å². The van der Waals surface area contributed by atoms with Gasteiger partial charge in [-0.3, -0.25) is 0 Å². The van der Waals surface area contributed by atoms with E-state index in [0.717, 1.165) is 5.56 Å². The van der Waals surface area contributed by atoms with Crippen molar-refractivity contribution in [2.24, 2.45) is 0 Å². The Labute approximate surface area is 81.9 Å². The molecule has 1 amide bonds. The summed E-state index contributed by atoms with van der Waals surface area (Å²) >= 11 is 0. The van der Waals surface area contributed by atoms with E-state index in [1.807, 2.05) is 0 Å². The minimum absolute atomic E-state index is 0.263. The summed E-state index contributed by atoms with van der Waals surface area (Å²) in [7, 11) is 1.50. The summed E-state index contributed by atoms with van der Waals surface area (Å²) in [6.45, 7) is 0.297. The monoisotopic (exact) mass is 197 g/mol. The van der Waals surface area contributed by atoms with E-state index < -0.39 is 6.09 Å². The minimum atomic E-state index is -0.452. The van der Waals surface area contributed by atoms with E-state index in [-0.39, 0.29) is 5.82 Å². The van der Waals surface area contributed by atoms with Gasteiger partial charge in [-0.05, 0) is 17.7 Å². The van der Waals surface area contributed by atoms with Gasteiger partial charge in [0.15, 0.2) is 0 Å². The third kappa shape index (κ3) is 3.43. The van der Waals surface area contributed by atoms with Crippen LogP contribution < -0.4 is 5.32 Å². The highest BCUT2D eigenvalue weighted by molar-refractivity contribution is 5.66. The second kappa shape index (κ2) is 5.21. The van der Waals surface area contributed by atoms with E-state index in [9.17, 15) is 9.18 Å². The molecule has 4 heteroatoms. The summed E-state index contributed by atoms with van der Waals surface area (Å²) in [5, 5.41) is 2.34. The van der Waals surface area contributed by atoms with Crippen molar-refractivity contribution in [1.82, 2.24) is 5.32 Å². The molecular weight excluding hydrogens is 185 g/mol. The van der Waals surface area contributed by atoms with Crippen LogP contribution in [0.15, 0.2) is 24.3 Å². The van der Waals surface area contributed by atoms with Crippen molar-refractivity contribution in [3.63, 3.8) is 0 Å². The van der Waals surface area contributed by atoms with Crippen LogP contribution in [0.5, 0.6) is 0 Å². The number of nitrogens with one attached hydrogen (secondary N) is 1. The fourth-order valence-electron chi connectivity index (χ4n) is 0.985. The molecule has 1 N–H and O–H groups in total. The standard InChI is InChI=1S/C10H12FNO2/c1-12-10(13)14-7-6-8-2-4-9(11)5-3-8/h2-5H,6-7H2,1H3,(H,12,13). The number of benzene rings is 1. The van der Waals surface area contributed by atoms with Crippen LogP contribution in [0.4, 0.5) is 9.18 Å². The number of alkyl carbamates (subject to hydrolysis) is 1. The smallest absolute Gasteiger partial charge is 0.406 e. The highest BCUT2D eigenvalue weighted by Gasteiger charge is 1.98. The lowest BCUT2D eigenvalue weighted by molar-refractivity contribution is 0.150. The molecule has 0 heterocycles. The van der Waals surface area contributed by atoms with Crippen molar-refractivity contribution in [2.75, 3.05) is 13.7 Å². The maximum Gasteiger partial charge on any atom is 0.406 e. The number of hydrogen-bond donors (Lipinski definition) is 1. The molecule has 0 aliphatic heterocycles. The highest BCUT2D eigenvalue weighted by Crippen LogP contribution is 2.03. The first kappa shape index (κ1) is 10.5. The normalized spacial score (nSPS) is 9.57. The zero-order chi connectivity index (χ0) is 10.4. The zero-order valence-electron chi connectivity index (χ0n) is 7.92. The highest BCUT2D eigenvalue weighted by atomic mass is 19.1. The summed E-state index contributed by atoms with van der Waals surface area (Å²) in [5.74, 6) is -0.263. The lowest BCUT2D eigenvalue weighted by Gasteiger charge is -2.03. The van der Waals surface area contributed by atoms with E-state index >= 15 is 0 Å². The fourth-order valence-corrected chi connectivity index (χ4v) is 0.985. The first-order chi connectivity index (χ1) is 6.72. The molecule has 3 nitrogen and oxygen atoms in total. The number of carbonyl (C=O) groups excluding carboxylic acids is 1. The van der Waals surface area contributed by atoms with Crippen molar-refractivity contribution in [2.45, 2.75) is 6.42 Å². The second-order valence-electron chi connectivity index (χ2n) is 2.76. The topological polar surface area (TPSA) is 38.3 Å². The molecule has 0 unspecified atom stereocenters. The number of amides is 1. The van der Waals surface area contributed by atoms with Crippen LogP contribution in [0.3, 0.4) is 0 Å². The first-order valence-corrected chi connectivity index (χ1v) is 4.31. The number of rotatable bonds is 3. The second-order valence-corrected chi connectivity index (χ2v) is 2.76. The molecule has 0 saturated carbocycles. The van der Waals surface area contributed by atoms with Gasteiger partial charge in [-0.2, -0.15) is 0 Å². The van der Waals surface area contributed by atoms with Gasteiger partial charge >= 0.3 is 6.09 Å². The average Bonchev–Trinajstić information content (AvgIpc) is 2.21. The van der Waals surface area contributed by atoms with Crippen molar-refractivity contribution in [1.29, 1.82) is 0 Å². The van der Waals surface area contributed by atoms with Gasteiger partial charge in [0.2, 0.25) is 0 Å². The quantitative estimate of drug-likeness (QED) is 0.801. The summed E-state index contributed by atoms with van der Waals surface area (Å²) in [5.41, 5.74) is 0.940. The van der Waals surface area contributed by atoms with Crippen LogP contribution in [0.25, 0.3) is 0 Å². The van der Waals surface area contributed by atoms with Gasteiger partial charge in [-0.15, -0.1) is 0 Å². The minimum Gasteiger partial charge on any atom is -0.449 e. The molecule has 0 aliphatic rings. The predicted octanol–water partition coefficient (Wildman–Crippen LogP) is 1.72. The molecule has 14 heavy (non-hydrogen) atoms. The molecule has 0 atom stereocenters. The molecule has 76 valence electrons. The number of ether oxygens (including phenoxy) is 1. The molecule has 0 radical (unpaired) electrons. The predicted molar refractivity (Wildman–Crippen MR) is 50.5 cm³/mol. The number of carbonyl (C=O) groups is 1. The third-order valence-electron chi connectivity index (χ3n) is 1.74. The fraction of sp³-hybridized carbons (Fsp3) is 0.300. The third-order valence-corrected chi connectivity index (χ3v) is 1.74. The Morgan fingerprint density at radius 3 is 2.64 bits per heavy atom. The van der Waals surface area contributed by atoms with Crippen LogP contribution in [0.1, 0.15) is 5.56 Å². The van der Waals surface area contributed by atoms with Gasteiger partial charge in [0.05, 0.1) is 6.61 Å². The molecule has 1 aromatic carbocycles. The van der Waals surface area contributed by atoms with E-state index in [1.54, 1.807) is 12.1 Å². The average molecular weight is 197 g/mol. The Balaban J connectivity index is 2.31. The van der Waals surface area contributed by atoms with Crippen molar-refractivity contribution in [3.8, 4) is 0 Å². The summed E-state index contributed by atoms with van der Waals surface area (Å²) in [4.78, 5) is 10.7. The van der Waals surface area contributed by atoms with Crippen molar-refractivity contribution < 1.29 is 13.9 Å². The lowest BCUT2D eigenvalue weighted by atomic mass is 10.2. The Morgan fingerprint density at radius 1 is 1.43 bits per heavy atom. The Bertz CT molecular complexity index is 297. The molecule has 0 bridgehead atoms. The van der Waals surface area contributed by atoms with Crippen LogP contribution in [-0.4, -0.2) is 19.7 Å². The van der Waals surface area contributed by atoms with Gasteiger partial charge in [-0.1, -0.05) is 12.1 Å². The van der Waals surface area contributed by atoms with Gasteiger partial charge < -0.3 is 10.1 Å². The zero-order valence-corrected chi connectivity index (χ0v) is 7.92. The summed E-state index contributed by atoms with van der Waals surface area (Å²) in [6.07, 6.45) is 0.139. The maximum absolute atomic E-state index is 12.5. The van der Waals surface area contributed by atoms with E-state index in [1.165, 1.54) is 19.2 Å². The van der Waals surface area contributed by atoms with Crippen LogP contribution >= 0.6 is 0 Å². The van der Waals surface area contributed by atoms with Crippen LogP contribution in [0.2, 0.25) is 0 Å². The summed E-state index contributed by atoms with van der Waals surface area (Å²) in [6, 6.07) is 6.11.